The molecule has 1 aromatic carbocycles. The highest BCUT2D eigenvalue weighted by atomic mass is 16.3. The van der Waals surface area contributed by atoms with Crippen LogP contribution in [0.25, 0.3) is 10.9 Å². The number of furan rings is 1. The quantitative estimate of drug-likeness (QED) is 0.648. The number of fused-ring (bicyclic) bond motifs is 2. The second-order valence-corrected chi connectivity index (χ2v) is 5.38. The van der Waals surface area contributed by atoms with Crippen LogP contribution in [0, 0.1) is 0 Å². The minimum absolute atomic E-state index is 0.778. The molecule has 0 unspecified atom stereocenters. The smallest absolute Gasteiger partial charge is 0.144 e. The molecule has 3 heteroatoms. The predicted octanol–water partition coefficient (Wildman–Crippen LogP) is 4.46. The van der Waals surface area contributed by atoms with Crippen molar-refractivity contribution < 1.29 is 4.42 Å². The van der Waals surface area contributed by atoms with Crippen molar-refractivity contribution in [3.63, 3.8) is 0 Å². The van der Waals surface area contributed by atoms with E-state index in [1.165, 1.54) is 24.1 Å². The van der Waals surface area contributed by atoms with Gasteiger partial charge in [0.2, 0.25) is 0 Å². The third kappa shape index (κ3) is 2.25. The minimum atomic E-state index is 0.778. The van der Waals surface area contributed by atoms with Crippen LogP contribution in [0.1, 0.15) is 29.9 Å². The van der Waals surface area contributed by atoms with Gasteiger partial charge in [0.25, 0.3) is 0 Å². The number of hydrogen-bond donors (Lipinski definition) is 0. The Balaban J connectivity index is 1.92. The number of para-hydroxylation sites is 1. The van der Waals surface area contributed by atoms with Gasteiger partial charge in [0.15, 0.2) is 0 Å². The van der Waals surface area contributed by atoms with Crippen LogP contribution in [0.4, 0.5) is 5.69 Å². The van der Waals surface area contributed by atoms with E-state index in [0.717, 1.165) is 35.2 Å². The lowest BCUT2D eigenvalue weighted by atomic mass is 9.93. The molecule has 21 heavy (non-hydrogen) atoms. The molecule has 0 atom stereocenters. The van der Waals surface area contributed by atoms with E-state index in [2.05, 4.69) is 12.1 Å². The summed E-state index contributed by atoms with van der Waals surface area (Å²) in [7, 11) is 0. The third-order valence-corrected chi connectivity index (χ3v) is 4.00. The van der Waals surface area contributed by atoms with Crippen molar-refractivity contribution in [2.24, 2.45) is 4.99 Å². The van der Waals surface area contributed by atoms with Crippen LogP contribution >= 0.6 is 0 Å². The summed E-state index contributed by atoms with van der Waals surface area (Å²) in [5, 5.41) is 1.13. The Morgan fingerprint density at radius 1 is 1.05 bits per heavy atom. The largest absolute Gasteiger partial charge is 0.463 e. The Labute approximate surface area is 123 Å². The van der Waals surface area contributed by atoms with Gasteiger partial charge in [-0.25, -0.2) is 0 Å². The van der Waals surface area contributed by atoms with Crippen molar-refractivity contribution in [3.8, 4) is 0 Å². The fourth-order valence-corrected chi connectivity index (χ4v) is 2.99. The number of nitrogens with zero attached hydrogens (tertiary/aromatic N) is 2. The standard InChI is InChI=1S/C18H16N2O/c1-3-9-16-14(7-1)18(19-12-13-6-5-11-21-13)15-8-2-4-10-17(15)20-16/h1,3,5-7,9,11-12H,2,4,8,10H2. The molecule has 0 amide bonds. The first-order chi connectivity index (χ1) is 10.4. The van der Waals surface area contributed by atoms with Gasteiger partial charge < -0.3 is 4.42 Å². The first kappa shape index (κ1) is 12.3. The Kier molecular flexibility index (Phi) is 3.03. The number of aromatic nitrogens is 1. The van der Waals surface area contributed by atoms with Gasteiger partial charge in [-0.05, 0) is 49.4 Å². The number of hydrogen-bond acceptors (Lipinski definition) is 3. The van der Waals surface area contributed by atoms with E-state index in [1.807, 2.05) is 24.3 Å². The Hall–Kier alpha value is -2.42. The molecule has 0 saturated heterocycles. The second kappa shape index (κ2) is 5.17. The highest BCUT2D eigenvalue weighted by Crippen LogP contribution is 2.35. The number of aryl methyl sites for hydroxylation is 1. The number of pyridine rings is 1. The molecule has 0 aliphatic heterocycles. The van der Waals surface area contributed by atoms with Gasteiger partial charge in [-0.2, -0.15) is 0 Å². The summed E-state index contributed by atoms with van der Waals surface area (Å²) in [5.41, 5.74) is 4.62. The molecule has 4 rings (SSSR count). The van der Waals surface area contributed by atoms with Crippen LogP contribution in [0.3, 0.4) is 0 Å². The molecule has 2 aromatic heterocycles. The van der Waals surface area contributed by atoms with Gasteiger partial charge in [0.1, 0.15) is 5.76 Å². The molecule has 0 radical (unpaired) electrons. The van der Waals surface area contributed by atoms with Crippen molar-refractivity contribution in [2.45, 2.75) is 25.7 Å². The first-order valence-electron chi connectivity index (χ1n) is 7.40. The van der Waals surface area contributed by atoms with E-state index < -0.39 is 0 Å². The summed E-state index contributed by atoms with van der Waals surface area (Å²) < 4.78 is 5.35. The zero-order valence-electron chi connectivity index (χ0n) is 11.7. The summed E-state index contributed by atoms with van der Waals surface area (Å²) in [6, 6.07) is 12.0. The maximum atomic E-state index is 5.35. The molecule has 0 fully saturated rings. The Morgan fingerprint density at radius 2 is 1.95 bits per heavy atom. The van der Waals surface area contributed by atoms with E-state index in [0.29, 0.717) is 0 Å². The van der Waals surface area contributed by atoms with Gasteiger partial charge >= 0.3 is 0 Å². The Morgan fingerprint density at radius 3 is 2.86 bits per heavy atom. The third-order valence-electron chi connectivity index (χ3n) is 4.00. The lowest BCUT2D eigenvalue weighted by Crippen LogP contribution is -2.06. The molecule has 3 nitrogen and oxygen atoms in total. The van der Waals surface area contributed by atoms with Crippen LogP contribution in [0.2, 0.25) is 0 Å². The van der Waals surface area contributed by atoms with Crippen molar-refractivity contribution in [2.75, 3.05) is 0 Å². The SMILES string of the molecule is C(=Nc1c2c(nc3ccccc13)CCCC2)c1ccco1. The summed E-state index contributed by atoms with van der Waals surface area (Å²) >= 11 is 0. The summed E-state index contributed by atoms with van der Waals surface area (Å²) in [5.74, 6) is 0.778. The summed E-state index contributed by atoms with van der Waals surface area (Å²) in [6.45, 7) is 0. The fourth-order valence-electron chi connectivity index (χ4n) is 2.99. The summed E-state index contributed by atoms with van der Waals surface area (Å²) in [6.07, 6.45) is 8.04. The molecule has 0 N–H and O–H groups in total. The van der Waals surface area contributed by atoms with E-state index in [1.54, 1.807) is 12.5 Å². The summed E-state index contributed by atoms with van der Waals surface area (Å²) in [4.78, 5) is 9.56. The molecule has 3 aromatic rings. The highest BCUT2D eigenvalue weighted by molar-refractivity contribution is 5.94. The van der Waals surface area contributed by atoms with Crippen molar-refractivity contribution >= 4 is 22.8 Å². The molecule has 104 valence electrons. The average molecular weight is 276 g/mol. The predicted molar refractivity (Wildman–Crippen MR) is 84.3 cm³/mol. The zero-order chi connectivity index (χ0) is 14.1. The van der Waals surface area contributed by atoms with Crippen LogP contribution < -0.4 is 0 Å². The van der Waals surface area contributed by atoms with Gasteiger partial charge in [-0.15, -0.1) is 0 Å². The highest BCUT2D eigenvalue weighted by Gasteiger charge is 2.17. The van der Waals surface area contributed by atoms with Gasteiger partial charge in [0.05, 0.1) is 23.7 Å². The normalized spacial score (nSPS) is 14.7. The molecule has 2 heterocycles. The van der Waals surface area contributed by atoms with Crippen LogP contribution in [0.15, 0.2) is 52.1 Å². The monoisotopic (exact) mass is 276 g/mol. The molecule has 0 bridgehead atoms. The van der Waals surface area contributed by atoms with Gasteiger partial charge in [-0.3, -0.25) is 9.98 Å². The second-order valence-electron chi connectivity index (χ2n) is 5.38. The van der Waals surface area contributed by atoms with Crippen LogP contribution in [0.5, 0.6) is 0 Å². The lowest BCUT2D eigenvalue weighted by molar-refractivity contribution is 0.560. The molecule has 1 aliphatic carbocycles. The number of rotatable bonds is 2. The van der Waals surface area contributed by atoms with Crippen molar-refractivity contribution in [1.82, 2.24) is 4.98 Å². The molecule has 1 aliphatic rings. The number of benzene rings is 1. The topological polar surface area (TPSA) is 38.4 Å². The van der Waals surface area contributed by atoms with E-state index in [4.69, 9.17) is 14.4 Å². The van der Waals surface area contributed by atoms with E-state index >= 15 is 0 Å². The van der Waals surface area contributed by atoms with Crippen LogP contribution in [-0.2, 0) is 12.8 Å². The van der Waals surface area contributed by atoms with Crippen LogP contribution in [-0.4, -0.2) is 11.2 Å². The van der Waals surface area contributed by atoms with E-state index in [-0.39, 0.29) is 0 Å². The van der Waals surface area contributed by atoms with E-state index in [9.17, 15) is 0 Å². The van der Waals surface area contributed by atoms with Gasteiger partial charge in [-0.1, -0.05) is 18.2 Å². The fraction of sp³-hybridized carbons (Fsp3) is 0.222. The molecular weight excluding hydrogens is 260 g/mol. The maximum absolute atomic E-state index is 5.35. The van der Waals surface area contributed by atoms with Gasteiger partial charge in [0, 0.05) is 11.1 Å². The zero-order valence-corrected chi connectivity index (χ0v) is 11.7. The first-order valence-corrected chi connectivity index (χ1v) is 7.40. The Bertz CT molecular complexity index is 803. The van der Waals surface area contributed by atoms with Crippen molar-refractivity contribution in [3.05, 3.63) is 59.7 Å². The molecule has 0 spiro atoms. The minimum Gasteiger partial charge on any atom is -0.463 e. The molecule has 0 saturated carbocycles. The average Bonchev–Trinajstić information content (AvgIpc) is 3.05. The molecular formula is C18H16N2O. The maximum Gasteiger partial charge on any atom is 0.144 e. The van der Waals surface area contributed by atoms with Crippen molar-refractivity contribution in [1.29, 1.82) is 0 Å². The number of aliphatic imine (C=N–C) groups is 1. The lowest BCUT2D eigenvalue weighted by Gasteiger charge is -2.18.